The number of hydrogen-bond acceptors (Lipinski definition) is 3. The van der Waals surface area contributed by atoms with Crippen molar-refractivity contribution in [3.05, 3.63) is 24.0 Å². The molecule has 0 aliphatic carbocycles. The number of nitrogens with one attached hydrogen (secondary N) is 3. The molecule has 1 aromatic rings. The van der Waals surface area contributed by atoms with E-state index in [4.69, 9.17) is 16.7 Å². The Bertz CT molecular complexity index is 327. The second-order valence-corrected chi connectivity index (χ2v) is 3.66. The molecule has 1 saturated heterocycles. The Morgan fingerprint density at radius 3 is 2.79 bits per heavy atom. The third kappa shape index (κ3) is 1.50. The van der Waals surface area contributed by atoms with Crippen LogP contribution >= 0.6 is 11.6 Å². The molecule has 5 nitrogen and oxygen atoms in total. The van der Waals surface area contributed by atoms with Gasteiger partial charge in [0.05, 0.1) is 11.4 Å². The van der Waals surface area contributed by atoms with E-state index in [2.05, 4.69) is 15.8 Å². The molecule has 3 atom stereocenters. The minimum absolute atomic E-state index is 0.201. The number of H-pyrrole nitrogens is 1. The lowest BCUT2D eigenvalue weighted by molar-refractivity contribution is -0.139. The highest BCUT2D eigenvalue weighted by Crippen LogP contribution is 2.26. The molecule has 2 heterocycles. The average Bonchev–Trinajstić information content (AvgIpc) is 2.71. The molecular formula is C8H10ClN3O2. The van der Waals surface area contributed by atoms with E-state index in [0.29, 0.717) is 0 Å². The number of carboxylic acids is 1. The average molecular weight is 216 g/mol. The number of hydrogen-bond donors (Lipinski definition) is 4. The van der Waals surface area contributed by atoms with Gasteiger partial charge in [-0.2, -0.15) is 0 Å². The van der Waals surface area contributed by atoms with Crippen LogP contribution in [0.25, 0.3) is 0 Å². The molecule has 76 valence electrons. The van der Waals surface area contributed by atoms with Gasteiger partial charge in [-0.3, -0.25) is 4.79 Å². The fraction of sp³-hybridized carbons (Fsp3) is 0.375. The van der Waals surface area contributed by atoms with Gasteiger partial charge >= 0.3 is 5.97 Å². The first-order valence-corrected chi connectivity index (χ1v) is 4.65. The van der Waals surface area contributed by atoms with Crippen molar-refractivity contribution in [2.75, 3.05) is 0 Å². The highest BCUT2D eigenvalue weighted by Gasteiger charge is 2.39. The summed E-state index contributed by atoms with van der Waals surface area (Å²) in [5.74, 6) is -0.952. The third-order valence-corrected chi connectivity index (χ3v) is 2.76. The summed E-state index contributed by atoms with van der Waals surface area (Å²) in [6.07, 6.45) is 1.77. The first kappa shape index (κ1) is 9.51. The molecule has 0 aromatic carbocycles. The topological polar surface area (TPSA) is 77.2 Å². The van der Waals surface area contributed by atoms with Gasteiger partial charge in [0.1, 0.15) is 6.04 Å². The quantitative estimate of drug-likeness (QED) is 0.533. The summed E-state index contributed by atoms with van der Waals surface area (Å²) >= 11 is 6.00. The number of carboxylic acid groups (broad SMARTS) is 1. The number of aromatic amines is 1. The maximum absolute atomic E-state index is 10.7. The van der Waals surface area contributed by atoms with E-state index in [-0.39, 0.29) is 6.04 Å². The molecule has 3 unspecified atom stereocenters. The molecule has 6 heteroatoms. The van der Waals surface area contributed by atoms with Crippen LogP contribution in [0.4, 0.5) is 0 Å². The number of halogens is 1. The van der Waals surface area contributed by atoms with Crippen LogP contribution in [-0.2, 0) is 4.79 Å². The summed E-state index contributed by atoms with van der Waals surface area (Å²) < 4.78 is 0. The molecule has 0 amide bonds. The van der Waals surface area contributed by atoms with E-state index in [1.807, 2.05) is 12.1 Å². The number of rotatable bonds is 2. The van der Waals surface area contributed by atoms with Gasteiger partial charge in [-0.25, -0.2) is 10.9 Å². The number of aromatic nitrogens is 1. The standard InChI is InChI=1S/C8H10ClN3O2/c9-5-6(4-2-1-3-10-4)11-12-7(5)8(13)14/h1-3,5-7,10-12H,(H,13,14). The van der Waals surface area contributed by atoms with Crippen LogP contribution in [0.5, 0.6) is 0 Å². The number of carbonyl (C=O) groups is 1. The van der Waals surface area contributed by atoms with Gasteiger partial charge in [0.25, 0.3) is 0 Å². The second kappa shape index (κ2) is 3.61. The van der Waals surface area contributed by atoms with Crippen molar-refractivity contribution < 1.29 is 9.90 Å². The Balaban J connectivity index is 2.15. The summed E-state index contributed by atoms with van der Waals surface area (Å²) in [6.45, 7) is 0. The molecule has 1 aliphatic rings. The third-order valence-electron chi connectivity index (χ3n) is 2.25. The zero-order chi connectivity index (χ0) is 10.1. The van der Waals surface area contributed by atoms with E-state index in [1.165, 1.54) is 0 Å². The lowest BCUT2D eigenvalue weighted by Crippen LogP contribution is -2.38. The molecule has 1 fully saturated rings. The van der Waals surface area contributed by atoms with Crippen LogP contribution in [0.15, 0.2) is 18.3 Å². The lowest BCUT2D eigenvalue weighted by Gasteiger charge is -2.12. The normalized spacial score (nSPS) is 31.9. The Labute approximate surface area is 85.4 Å². The highest BCUT2D eigenvalue weighted by atomic mass is 35.5. The Morgan fingerprint density at radius 2 is 2.29 bits per heavy atom. The van der Waals surface area contributed by atoms with Crippen LogP contribution in [0, 0.1) is 0 Å². The Hall–Kier alpha value is -1.04. The molecular weight excluding hydrogens is 206 g/mol. The van der Waals surface area contributed by atoms with Crippen molar-refractivity contribution in [1.82, 2.24) is 15.8 Å². The molecule has 14 heavy (non-hydrogen) atoms. The predicted octanol–water partition coefficient (Wildman–Crippen LogP) is 0.224. The van der Waals surface area contributed by atoms with E-state index >= 15 is 0 Å². The van der Waals surface area contributed by atoms with Gasteiger partial charge < -0.3 is 10.1 Å². The van der Waals surface area contributed by atoms with Gasteiger partial charge in [0, 0.05) is 11.9 Å². The number of hydrazine groups is 1. The van der Waals surface area contributed by atoms with Crippen molar-refractivity contribution in [3.8, 4) is 0 Å². The molecule has 0 bridgehead atoms. The molecule has 1 aromatic heterocycles. The minimum Gasteiger partial charge on any atom is -0.480 e. The molecule has 0 radical (unpaired) electrons. The number of aliphatic carboxylic acids is 1. The fourth-order valence-corrected chi connectivity index (χ4v) is 1.89. The summed E-state index contributed by atoms with van der Waals surface area (Å²) in [5.41, 5.74) is 6.36. The molecule has 4 N–H and O–H groups in total. The van der Waals surface area contributed by atoms with Gasteiger partial charge in [0.15, 0.2) is 0 Å². The van der Waals surface area contributed by atoms with Crippen LogP contribution < -0.4 is 10.9 Å². The van der Waals surface area contributed by atoms with E-state index in [1.54, 1.807) is 6.20 Å². The molecule has 0 spiro atoms. The summed E-state index contributed by atoms with van der Waals surface area (Å²) in [7, 11) is 0. The second-order valence-electron chi connectivity index (χ2n) is 3.15. The van der Waals surface area contributed by atoms with Crippen LogP contribution in [0.2, 0.25) is 0 Å². The van der Waals surface area contributed by atoms with Crippen LogP contribution in [0.1, 0.15) is 11.7 Å². The lowest BCUT2D eigenvalue weighted by atomic mass is 10.1. The van der Waals surface area contributed by atoms with Gasteiger partial charge in [-0.05, 0) is 12.1 Å². The van der Waals surface area contributed by atoms with Crippen LogP contribution in [0.3, 0.4) is 0 Å². The zero-order valence-corrected chi connectivity index (χ0v) is 7.95. The largest absolute Gasteiger partial charge is 0.480 e. The fourth-order valence-electron chi connectivity index (χ4n) is 1.52. The van der Waals surface area contributed by atoms with Crippen molar-refractivity contribution >= 4 is 17.6 Å². The highest BCUT2D eigenvalue weighted by molar-refractivity contribution is 6.23. The predicted molar refractivity (Wildman–Crippen MR) is 50.9 cm³/mol. The summed E-state index contributed by atoms with van der Waals surface area (Å²) in [5, 5.41) is 8.29. The van der Waals surface area contributed by atoms with Crippen LogP contribution in [-0.4, -0.2) is 27.5 Å². The van der Waals surface area contributed by atoms with Crippen molar-refractivity contribution in [2.45, 2.75) is 17.5 Å². The van der Waals surface area contributed by atoms with E-state index < -0.39 is 17.4 Å². The van der Waals surface area contributed by atoms with Crippen molar-refractivity contribution in [2.24, 2.45) is 0 Å². The molecule has 1 aliphatic heterocycles. The minimum atomic E-state index is -0.952. The number of alkyl halides is 1. The first-order valence-electron chi connectivity index (χ1n) is 4.21. The Morgan fingerprint density at radius 1 is 1.50 bits per heavy atom. The SMILES string of the molecule is O=C(O)C1NNC(c2ccc[nH]2)C1Cl. The van der Waals surface area contributed by atoms with E-state index in [9.17, 15) is 4.79 Å². The molecule has 0 saturated carbocycles. The summed E-state index contributed by atoms with van der Waals surface area (Å²) in [4.78, 5) is 13.7. The Kier molecular flexibility index (Phi) is 2.45. The van der Waals surface area contributed by atoms with Crippen molar-refractivity contribution in [3.63, 3.8) is 0 Å². The van der Waals surface area contributed by atoms with Gasteiger partial charge in [-0.15, -0.1) is 11.6 Å². The van der Waals surface area contributed by atoms with Gasteiger partial charge in [0.2, 0.25) is 0 Å². The molecule has 2 rings (SSSR count). The van der Waals surface area contributed by atoms with Gasteiger partial charge in [-0.1, -0.05) is 0 Å². The smallest absolute Gasteiger partial charge is 0.323 e. The maximum Gasteiger partial charge on any atom is 0.323 e. The van der Waals surface area contributed by atoms with E-state index in [0.717, 1.165) is 5.69 Å². The first-order chi connectivity index (χ1) is 6.70. The maximum atomic E-state index is 10.7. The summed E-state index contributed by atoms with van der Waals surface area (Å²) in [6, 6.07) is 2.74. The monoisotopic (exact) mass is 215 g/mol. The van der Waals surface area contributed by atoms with Crippen molar-refractivity contribution in [1.29, 1.82) is 0 Å². The zero-order valence-electron chi connectivity index (χ0n) is 7.20.